The number of aryl methyl sites for hydroxylation is 1. The maximum atomic E-state index is 12.0. The van der Waals surface area contributed by atoms with Gasteiger partial charge in [0.05, 0.1) is 6.10 Å². The van der Waals surface area contributed by atoms with Gasteiger partial charge in [0.25, 0.3) is 0 Å². The van der Waals surface area contributed by atoms with E-state index in [1.165, 1.54) is 17.5 Å². The molecule has 0 bridgehead atoms. The fourth-order valence-electron chi connectivity index (χ4n) is 4.08. The summed E-state index contributed by atoms with van der Waals surface area (Å²) in [4.78, 5) is 20.7. The third-order valence-corrected chi connectivity index (χ3v) is 6.23. The Labute approximate surface area is 187 Å². The molecule has 7 heteroatoms. The molecule has 2 aliphatic rings. The Hall–Kier alpha value is -2.12. The first-order chi connectivity index (χ1) is 15.0. The highest BCUT2D eigenvalue weighted by atomic mass is 16.5. The van der Waals surface area contributed by atoms with Crippen LogP contribution in [0.2, 0.25) is 0 Å². The Kier molecular flexibility index (Phi) is 9.15. The Morgan fingerprint density at radius 3 is 2.65 bits per heavy atom. The summed E-state index contributed by atoms with van der Waals surface area (Å²) in [7, 11) is 3.52. The van der Waals surface area contributed by atoms with E-state index in [1.807, 2.05) is 0 Å². The van der Waals surface area contributed by atoms with Gasteiger partial charge in [0.2, 0.25) is 5.91 Å². The number of carbonyl (C=O) groups is 1. The van der Waals surface area contributed by atoms with Crippen LogP contribution < -0.4 is 10.6 Å². The number of nitrogens with zero attached hydrogens (tertiary/aromatic N) is 3. The van der Waals surface area contributed by atoms with Crippen LogP contribution in [-0.4, -0.2) is 80.7 Å². The average molecular weight is 430 g/mol. The van der Waals surface area contributed by atoms with Crippen LogP contribution in [0.25, 0.3) is 0 Å². The molecular formula is C24H39N5O2. The fraction of sp³-hybridized carbons (Fsp3) is 0.667. The van der Waals surface area contributed by atoms with Crippen LogP contribution in [0.1, 0.15) is 43.2 Å². The summed E-state index contributed by atoms with van der Waals surface area (Å²) in [5, 5.41) is 6.99. The van der Waals surface area contributed by atoms with Crippen molar-refractivity contribution in [3.05, 3.63) is 35.4 Å². The summed E-state index contributed by atoms with van der Waals surface area (Å²) in [6, 6.07) is 8.99. The molecule has 2 saturated heterocycles. The van der Waals surface area contributed by atoms with Crippen LogP contribution in [0, 0.1) is 6.92 Å². The molecule has 7 nitrogen and oxygen atoms in total. The van der Waals surface area contributed by atoms with Gasteiger partial charge in [-0.15, -0.1) is 0 Å². The van der Waals surface area contributed by atoms with Gasteiger partial charge in [-0.05, 0) is 50.2 Å². The van der Waals surface area contributed by atoms with Gasteiger partial charge in [-0.2, -0.15) is 0 Å². The van der Waals surface area contributed by atoms with Crippen LogP contribution in [0.15, 0.2) is 29.3 Å². The second kappa shape index (κ2) is 12.1. The molecule has 2 fully saturated rings. The molecule has 0 spiro atoms. The number of likely N-dealkylation sites (tertiary alicyclic amines) is 1. The highest BCUT2D eigenvalue weighted by Gasteiger charge is 2.21. The lowest BCUT2D eigenvalue weighted by atomic mass is 10.0. The molecule has 1 amide bonds. The molecule has 2 heterocycles. The van der Waals surface area contributed by atoms with Crippen molar-refractivity contribution in [2.75, 3.05) is 46.9 Å². The summed E-state index contributed by atoms with van der Waals surface area (Å²) in [6.45, 7) is 7.03. The van der Waals surface area contributed by atoms with Gasteiger partial charge in [-0.3, -0.25) is 9.69 Å². The van der Waals surface area contributed by atoms with Crippen molar-refractivity contribution in [3.8, 4) is 0 Å². The molecule has 0 aliphatic carbocycles. The lowest BCUT2D eigenvalue weighted by Crippen LogP contribution is -2.50. The minimum absolute atomic E-state index is 0.00284. The Balaban J connectivity index is 1.50. The Morgan fingerprint density at radius 1 is 1.19 bits per heavy atom. The number of hydrogen-bond donors (Lipinski definition) is 2. The molecular weight excluding hydrogens is 390 g/mol. The number of benzene rings is 1. The van der Waals surface area contributed by atoms with Crippen LogP contribution in [0.3, 0.4) is 0 Å². The van der Waals surface area contributed by atoms with Gasteiger partial charge in [0.15, 0.2) is 5.96 Å². The normalized spacial score (nSPS) is 21.0. The van der Waals surface area contributed by atoms with Gasteiger partial charge >= 0.3 is 0 Å². The van der Waals surface area contributed by atoms with Crippen molar-refractivity contribution in [2.45, 2.75) is 57.7 Å². The third kappa shape index (κ3) is 7.82. The van der Waals surface area contributed by atoms with E-state index in [0.717, 1.165) is 64.4 Å². The minimum Gasteiger partial charge on any atom is -0.376 e. The van der Waals surface area contributed by atoms with Crippen LogP contribution >= 0.6 is 0 Å². The summed E-state index contributed by atoms with van der Waals surface area (Å²) in [6.07, 6.45) is 5.79. The summed E-state index contributed by atoms with van der Waals surface area (Å²) in [5.74, 6) is 0.727. The number of rotatable bonds is 7. The van der Waals surface area contributed by atoms with Crippen molar-refractivity contribution in [1.29, 1.82) is 0 Å². The topological polar surface area (TPSA) is 69.2 Å². The van der Waals surface area contributed by atoms with Crippen LogP contribution in [0.5, 0.6) is 0 Å². The molecule has 1 aromatic rings. The zero-order valence-electron chi connectivity index (χ0n) is 19.4. The summed E-state index contributed by atoms with van der Waals surface area (Å²) < 4.78 is 5.84. The van der Waals surface area contributed by atoms with Crippen molar-refractivity contribution < 1.29 is 9.53 Å². The lowest BCUT2D eigenvalue weighted by molar-refractivity contribution is -0.127. The van der Waals surface area contributed by atoms with Crippen molar-refractivity contribution in [3.63, 3.8) is 0 Å². The number of amides is 1. The molecule has 0 aromatic heterocycles. The Morgan fingerprint density at radius 2 is 1.97 bits per heavy atom. The van der Waals surface area contributed by atoms with Gasteiger partial charge in [-0.25, -0.2) is 4.99 Å². The zero-order valence-corrected chi connectivity index (χ0v) is 19.4. The van der Waals surface area contributed by atoms with Crippen molar-refractivity contribution >= 4 is 11.9 Å². The summed E-state index contributed by atoms with van der Waals surface area (Å²) >= 11 is 0. The molecule has 0 radical (unpaired) electrons. The number of aliphatic imine (C=N–C) groups is 1. The molecule has 2 N–H and O–H groups in total. The third-order valence-electron chi connectivity index (χ3n) is 6.23. The number of guanidine groups is 1. The monoisotopic (exact) mass is 429 g/mol. The Bertz CT molecular complexity index is 722. The smallest absolute Gasteiger partial charge is 0.243 e. The number of piperidine rings is 1. The van der Waals surface area contributed by atoms with Crippen LogP contribution in [-0.2, 0) is 16.1 Å². The highest BCUT2D eigenvalue weighted by Crippen LogP contribution is 2.16. The maximum Gasteiger partial charge on any atom is 0.243 e. The van der Waals surface area contributed by atoms with E-state index in [0.29, 0.717) is 6.04 Å². The van der Waals surface area contributed by atoms with E-state index >= 15 is 0 Å². The molecule has 1 atom stereocenters. The standard InChI is InChI=1S/C24H39N5O2/c1-19-8-4-5-9-20(19)18-29-13-11-21(12-14-29)27-24(26-17-23(30)28(2)3)25-16-22-10-6-7-15-31-22/h4-5,8-9,21-22H,6-7,10-18H2,1-3H3,(H2,25,26,27). The summed E-state index contributed by atoms with van der Waals surface area (Å²) in [5.41, 5.74) is 2.77. The first-order valence-electron chi connectivity index (χ1n) is 11.6. The number of likely N-dealkylation sites (N-methyl/N-ethyl adjacent to an activating group) is 1. The predicted molar refractivity (Wildman–Crippen MR) is 125 cm³/mol. The van der Waals surface area contributed by atoms with Gasteiger partial charge in [0, 0.05) is 52.9 Å². The highest BCUT2D eigenvalue weighted by molar-refractivity contribution is 5.85. The molecule has 2 aliphatic heterocycles. The quantitative estimate of drug-likeness (QED) is 0.514. The lowest BCUT2D eigenvalue weighted by Gasteiger charge is -2.33. The number of carbonyl (C=O) groups excluding carboxylic acids is 1. The van der Waals surface area contributed by atoms with Crippen LogP contribution in [0.4, 0.5) is 0 Å². The second-order valence-corrected chi connectivity index (χ2v) is 8.94. The van der Waals surface area contributed by atoms with E-state index in [1.54, 1.807) is 19.0 Å². The molecule has 1 aromatic carbocycles. The molecule has 1 unspecified atom stereocenters. The van der Waals surface area contributed by atoms with E-state index < -0.39 is 0 Å². The van der Waals surface area contributed by atoms with E-state index in [-0.39, 0.29) is 18.6 Å². The van der Waals surface area contributed by atoms with Crippen molar-refractivity contribution in [1.82, 2.24) is 20.4 Å². The van der Waals surface area contributed by atoms with E-state index in [4.69, 9.17) is 4.74 Å². The molecule has 31 heavy (non-hydrogen) atoms. The minimum atomic E-state index is 0.00284. The zero-order chi connectivity index (χ0) is 22.1. The van der Waals surface area contributed by atoms with E-state index in [9.17, 15) is 4.79 Å². The SMILES string of the molecule is Cc1ccccc1CN1CCC(NC(=NCC(=O)N(C)C)NCC2CCCCO2)CC1. The number of nitrogens with one attached hydrogen (secondary N) is 2. The van der Waals surface area contributed by atoms with Crippen molar-refractivity contribution in [2.24, 2.45) is 4.99 Å². The van der Waals surface area contributed by atoms with Gasteiger partial charge in [-0.1, -0.05) is 24.3 Å². The fourth-order valence-corrected chi connectivity index (χ4v) is 4.08. The van der Waals surface area contributed by atoms with Gasteiger partial charge < -0.3 is 20.3 Å². The first-order valence-corrected chi connectivity index (χ1v) is 11.6. The molecule has 0 saturated carbocycles. The molecule has 3 rings (SSSR count). The number of ether oxygens (including phenoxy) is 1. The molecule has 172 valence electrons. The van der Waals surface area contributed by atoms with E-state index in [2.05, 4.69) is 51.7 Å². The van der Waals surface area contributed by atoms with Gasteiger partial charge in [0.1, 0.15) is 6.54 Å². The predicted octanol–water partition coefficient (Wildman–Crippen LogP) is 2.15. The second-order valence-electron chi connectivity index (χ2n) is 8.94. The largest absolute Gasteiger partial charge is 0.376 e. The first kappa shape index (κ1) is 23.5. The number of hydrogen-bond acceptors (Lipinski definition) is 4. The average Bonchev–Trinajstić information content (AvgIpc) is 2.78. The maximum absolute atomic E-state index is 12.0.